The van der Waals surface area contributed by atoms with Gasteiger partial charge in [0.2, 0.25) is 0 Å². The molecule has 2 heteroatoms. The number of para-hydroxylation sites is 2. The van der Waals surface area contributed by atoms with Crippen LogP contribution in [0.3, 0.4) is 0 Å². The van der Waals surface area contributed by atoms with Gasteiger partial charge in [-0.15, -0.1) is 0 Å². The first-order chi connectivity index (χ1) is 22.1. The van der Waals surface area contributed by atoms with E-state index in [0.29, 0.717) is 5.57 Å². The number of furan rings is 1. The summed E-state index contributed by atoms with van der Waals surface area (Å²) < 4.78 is 6.33. The molecule has 0 saturated heterocycles. The van der Waals surface area contributed by atoms with Crippen LogP contribution in [-0.2, 0) is 4.79 Å². The van der Waals surface area contributed by atoms with Gasteiger partial charge in [0.15, 0.2) is 5.78 Å². The fraction of sp³-hybridized carbons (Fsp3) is 0.0465. The molecule has 0 spiro atoms. The van der Waals surface area contributed by atoms with Gasteiger partial charge in [0.05, 0.1) is 5.92 Å². The monoisotopic (exact) mass is 574 g/mol. The van der Waals surface area contributed by atoms with Crippen LogP contribution in [0.5, 0.6) is 0 Å². The maximum Gasteiger partial charge on any atom is 0.170 e. The number of benzene rings is 7. The standard InChI is InChI=1S/C43H26O2/c1-24-29-17-22-36(42(24)44)38(23-29)32-19-14-28-15-20-34-30(18-13-27-16-21-35(32)41(28)40(27)34)25-9-11-26(12-10-25)31-6-4-7-37-33-5-2-3-8-39(33)45-43(31)37/h2-23,29,36H,1H2. The van der Waals surface area contributed by atoms with Crippen LogP contribution in [0.4, 0.5) is 0 Å². The Balaban J connectivity index is 1.12. The van der Waals surface area contributed by atoms with Gasteiger partial charge in [0.1, 0.15) is 11.2 Å². The van der Waals surface area contributed by atoms with Gasteiger partial charge in [0.25, 0.3) is 0 Å². The Morgan fingerprint density at radius 1 is 0.556 bits per heavy atom. The number of ketones is 1. The third kappa shape index (κ3) is 3.37. The van der Waals surface area contributed by atoms with E-state index in [1.54, 1.807) is 0 Å². The van der Waals surface area contributed by atoms with E-state index < -0.39 is 0 Å². The first kappa shape index (κ1) is 24.7. The molecule has 210 valence electrons. The number of rotatable bonds is 3. The van der Waals surface area contributed by atoms with E-state index in [-0.39, 0.29) is 17.6 Å². The zero-order valence-corrected chi connectivity index (χ0v) is 24.4. The highest BCUT2D eigenvalue weighted by molar-refractivity contribution is 6.27. The molecule has 1 aromatic heterocycles. The molecular weight excluding hydrogens is 548 g/mol. The van der Waals surface area contributed by atoms with Crippen LogP contribution in [0, 0.1) is 11.8 Å². The van der Waals surface area contributed by atoms with Crippen molar-refractivity contribution in [2.24, 2.45) is 11.8 Å². The van der Waals surface area contributed by atoms with E-state index in [4.69, 9.17) is 4.42 Å². The molecule has 0 aliphatic heterocycles. The van der Waals surface area contributed by atoms with Crippen LogP contribution in [0.15, 0.2) is 150 Å². The fourth-order valence-corrected chi connectivity index (χ4v) is 7.86. The third-order valence-corrected chi connectivity index (χ3v) is 10.1. The number of allylic oxidation sites excluding steroid dienone is 5. The quantitative estimate of drug-likeness (QED) is 0.119. The number of carbonyl (C=O) groups is 1. The number of hydrogen-bond acceptors (Lipinski definition) is 2. The highest BCUT2D eigenvalue weighted by Gasteiger charge is 2.36. The molecular formula is C43H26O2. The van der Waals surface area contributed by atoms with Crippen molar-refractivity contribution in [2.45, 2.75) is 0 Å². The predicted molar refractivity (Wildman–Crippen MR) is 187 cm³/mol. The van der Waals surface area contributed by atoms with E-state index in [0.717, 1.165) is 44.2 Å². The van der Waals surface area contributed by atoms with Gasteiger partial charge in [-0.25, -0.2) is 0 Å². The Hall–Kier alpha value is -5.73. The summed E-state index contributed by atoms with van der Waals surface area (Å²) in [4.78, 5) is 13.1. The minimum absolute atomic E-state index is 0.00977. The molecule has 8 aromatic rings. The van der Waals surface area contributed by atoms with Crippen LogP contribution in [0.1, 0.15) is 5.56 Å². The van der Waals surface area contributed by atoms with Crippen LogP contribution in [0.25, 0.3) is 82.1 Å². The minimum atomic E-state index is -0.250. The molecule has 0 fully saturated rings. The van der Waals surface area contributed by atoms with E-state index in [1.165, 1.54) is 43.4 Å². The molecule has 0 N–H and O–H groups in total. The van der Waals surface area contributed by atoms with Crippen molar-refractivity contribution < 1.29 is 9.21 Å². The van der Waals surface area contributed by atoms with Gasteiger partial charge in [-0.2, -0.15) is 0 Å². The summed E-state index contributed by atoms with van der Waals surface area (Å²) in [6.45, 7) is 4.07. The minimum Gasteiger partial charge on any atom is -0.455 e. The van der Waals surface area contributed by atoms with Crippen molar-refractivity contribution in [3.05, 3.63) is 151 Å². The molecule has 0 radical (unpaired) electrons. The predicted octanol–water partition coefficient (Wildman–Crippen LogP) is 11.1. The number of fused-ring (bicyclic) bond motifs is 4. The van der Waals surface area contributed by atoms with Gasteiger partial charge in [-0.05, 0) is 71.8 Å². The van der Waals surface area contributed by atoms with Gasteiger partial charge >= 0.3 is 0 Å². The lowest BCUT2D eigenvalue weighted by Gasteiger charge is -2.32. The Morgan fingerprint density at radius 3 is 1.96 bits per heavy atom. The number of hydrogen-bond donors (Lipinski definition) is 0. The second kappa shape index (κ2) is 8.90. The maximum atomic E-state index is 13.1. The van der Waals surface area contributed by atoms with Crippen LogP contribution < -0.4 is 0 Å². The lowest BCUT2D eigenvalue weighted by atomic mass is 9.70. The molecule has 2 nitrogen and oxygen atoms in total. The van der Waals surface area contributed by atoms with Crippen molar-refractivity contribution in [1.29, 1.82) is 0 Å². The van der Waals surface area contributed by atoms with E-state index in [2.05, 4.69) is 128 Å². The van der Waals surface area contributed by atoms with Crippen molar-refractivity contribution in [2.75, 3.05) is 0 Å². The summed E-state index contributed by atoms with van der Waals surface area (Å²) in [5, 5.41) is 9.68. The van der Waals surface area contributed by atoms with Gasteiger partial charge in [-0.1, -0.05) is 134 Å². The molecule has 3 aliphatic carbocycles. The van der Waals surface area contributed by atoms with Crippen molar-refractivity contribution in [3.63, 3.8) is 0 Å². The summed E-state index contributed by atoms with van der Waals surface area (Å²) in [5.41, 5.74) is 9.40. The summed E-state index contributed by atoms with van der Waals surface area (Å²) in [5.74, 6) is -0.113. The smallest absolute Gasteiger partial charge is 0.170 e. The van der Waals surface area contributed by atoms with Crippen molar-refractivity contribution in [1.82, 2.24) is 0 Å². The molecule has 1 heterocycles. The van der Waals surface area contributed by atoms with Crippen LogP contribution >= 0.6 is 0 Å². The molecule has 2 atom stereocenters. The average molecular weight is 575 g/mol. The number of carbonyl (C=O) groups excluding carboxylic acids is 1. The van der Waals surface area contributed by atoms with Gasteiger partial charge < -0.3 is 4.42 Å². The van der Waals surface area contributed by atoms with E-state index in [9.17, 15) is 4.79 Å². The molecule has 7 aromatic carbocycles. The second-order valence-electron chi connectivity index (χ2n) is 12.4. The molecule has 45 heavy (non-hydrogen) atoms. The zero-order valence-electron chi connectivity index (χ0n) is 24.4. The molecule has 11 rings (SSSR count). The maximum absolute atomic E-state index is 13.1. The molecule has 2 bridgehead atoms. The first-order valence-corrected chi connectivity index (χ1v) is 15.5. The Bertz CT molecular complexity index is 2630. The third-order valence-electron chi connectivity index (χ3n) is 10.1. The Labute approximate surface area is 259 Å². The second-order valence-corrected chi connectivity index (χ2v) is 12.4. The van der Waals surface area contributed by atoms with Crippen LogP contribution in [-0.4, -0.2) is 5.78 Å². The van der Waals surface area contributed by atoms with Crippen molar-refractivity contribution >= 4 is 65.6 Å². The van der Waals surface area contributed by atoms with Crippen molar-refractivity contribution in [3.8, 4) is 22.3 Å². The largest absolute Gasteiger partial charge is 0.455 e. The SMILES string of the molecule is C=C1C(=O)C2C=CC1C=C2c1ccc2ccc3c(-c4ccc(-c5cccc6c5oc5ccccc56)cc4)ccc4ccc1c2c43. The normalized spacial score (nSPS) is 17.9. The molecule has 0 saturated carbocycles. The summed E-state index contributed by atoms with van der Waals surface area (Å²) in [6.07, 6.45) is 6.41. The Kier molecular flexibility index (Phi) is 4.88. The lowest BCUT2D eigenvalue weighted by molar-refractivity contribution is -0.117. The Morgan fingerprint density at radius 2 is 1.20 bits per heavy atom. The van der Waals surface area contributed by atoms with Crippen LogP contribution in [0.2, 0.25) is 0 Å². The van der Waals surface area contributed by atoms with Gasteiger partial charge in [-0.3, -0.25) is 4.79 Å². The lowest BCUT2D eigenvalue weighted by Crippen LogP contribution is -2.28. The molecule has 3 aliphatic rings. The highest BCUT2D eigenvalue weighted by atomic mass is 16.3. The average Bonchev–Trinajstić information content (AvgIpc) is 3.48. The topological polar surface area (TPSA) is 30.2 Å². The molecule has 0 amide bonds. The van der Waals surface area contributed by atoms with Gasteiger partial charge in [0, 0.05) is 22.3 Å². The summed E-state index contributed by atoms with van der Waals surface area (Å²) in [6, 6.07) is 41.3. The first-order valence-electron chi connectivity index (χ1n) is 15.5. The number of Topliss-reactive ketones (excluding diaryl/α,β-unsaturated/α-hetero) is 1. The van der Waals surface area contributed by atoms with E-state index >= 15 is 0 Å². The summed E-state index contributed by atoms with van der Waals surface area (Å²) in [7, 11) is 0. The van der Waals surface area contributed by atoms with E-state index in [1.807, 2.05) is 12.1 Å². The highest BCUT2D eigenvalue weighted by Crippen LogP contribution is 2.46. The zero-order chi connectivity index (χ0) is 29.8. The summed E-state index contributed by atoms with van der Waals surface area (Å²) >= 11 is 0. The molecule has 2 unspecified atom stereocenters. The fourth-order valence-electron chi connectivity index (χ4n) is 7.86.